The third-order valence-electron chi connectivity index (χ3n) is 5.20. The van der Waals surface area contributed by atoms with E-state index < -0.39 is 20.9 Å². The summed E-state index contributed by atoms with van der Waals surface area (Å²) in [6.45, 7) is 0.627. The second-order valence-corrected chi connectivity index (χ2v) is 10.2. The van der Waals surface area contributed by atoms with Crippen LogP contribution in [0.5, 0.6) is 5.75 Å². The lowest BCUT2D eigenvalue weighted by Gasteiger charge is -2.25. The molecular formula is C25H23ClN4O5S. The number of sulfone groups is 1. The van der Waals surface area contributed by atoms with Crippen molar-refractivity contribution in [2.24, 2.45) is 0 Å². The maximum absolute atomic E-state index is 13.4. The van der Waals surface area contributed by atoms with Crippen molar-refractivity contribution in [1.29, 1.82) is 0 Å². The van der Waals surface area contributed by atoms with E-state index in [1.807, 2.05) is 17.0 Å². The van der Waals surface area contributed by atoms with Crippen LogP contribution in [0.25, 0.3) is 0 Å². The molecule has 0 saturated carbocycles. The number of carbonyl (C=O) groups is 1. The molecule has 1 N–H and O–H groups in total. The van der Waals surface area contributed by atoms with Gasteiger partial charge in [-0.1, -0.05) is 23.7 Å². The zero-order valence-electron chi connectivity index (χ0n) is 19.5. The molecule has 0 radical (unpaired) electrons. The minimum absolute atomic E-state index is 0.0956. The van der Waals surface area contributed by atoms with E-state index in [-0.39, 0.29) is 12.2 Å². The van der Waals surface area contributed by atoms with E-state index in [2.05, 4.69) is 15.3 Å². The molecule has 4 aromatic rings. The first-order chi connectivity index (χ1) is 17.2. The van der Waals surface area contributed by atoms with Gasteiger partial charge in [-0.05, 0) is 54.1 Å². The molecule has 0 saturated heterocycles. The van der Waals surface area contributed by atoms with Crippen molar-refractivity contribution in [2.45, 2.75) is 18.2 Å². The highest BCUT2D eigenvalue weighted by Gasteiger charge is 2.24. The molecule has 0 bridgehead atoms. The zero-order valence-corrected chi connectivity index (χ0v) is 21.1. The number of methoxy groups -OCH3 is 1. The average Bonchev–Trinajstić information content (AvgIpc) is 3.38. The standard InChI is InChI=1S/C25H23ClN4O5S/c1-34-20-11-9-19(10-12-20)28-24(31)23-22(14-27-25(29-23)36(2,32)33)30(16-21-4-3-13-35-21)15-17-5-7-18(26)8-6-17/h3-14H,15-16H2,1-2H3,(H,28,31). The fourth-order valence-electron chi connectivity index (χ4n) is 3.43. The summed E-state index contributed by atoms with van der Waals surface area (Å²) < 4.78 is 35.0. The van der Waals surface area contributed by atoms with Crippen molar-refractivity contribution in [3.05, 3.63) is 95.2 Å². The Kier molecular flexibility index (Phi) is 7.56. The van der Waals surface area contributed by atoms with Crippen molar-refractivity contribution < 1.29 is 22.4 Å². The van der Waals surface area contributed by atoms with Crippen LogP contribution in [0.4, 0.5) is 11.4 Å². The maximum Gasteiger partial charge on any atom is 0.276 e. The van der Waals surface area contributed by atoms with E-state index in [1.54, 1.807) is 61.9 Å². The van der Waals surface area contributed by atoms with Gasteiger partial charge < -0.3 is 19.4 Å². The fraction of sp³-hybridized carbons (Fsp3) is 0.160. The number of hydrogen-bond donors (Lipinski definition) is 1. The number of ether oxygens (including phenoxy) is 1. The number of nitrogens with one attached hydrogen (secondary N) is 1. The molecule has 0 spiro atoms. The van der Waals surface area contributed by atoms with Gasteiger partial charge in [-0.15, -0.1) is 0 Å². The van der Waals surface area contributed by atoms with Crippen molar-refractivity contribution >= 4 is 38.7 Å². The van der Waals surface area contributed by atoms with Crippen LogP contribution in [0.15, 0.2) is 82.7 Å². The summed E-state index contributed by atoms with van der Waals surface area (Å²) >= 11 is 6.04. The van der Waals surface area contributed by atoms with Crippen LogP contribution in [-0.2, 0) is 22.9 Å². The number of anilines is 2. The van der Waals surface area contributed by atoms with E-state index in [4.69, 9.17) is 20.8 Å². The Labute approximate surface area is 213 Å². The lowest BCUT2D eigenvalue weighted by molar-refractivity contribution is 0.102. The second-order valence-electron chi connectivity index (χ2n) is 7.90. The Morgan fingerprint density at radius 3 is 2.42 bits per heavy atom. The van der Waals surface area contributed by atoms with Gasteiger partial charge in [0.2, 0.25) is 15.0 Å². The number of halogens is 1. The van der Waals surface area contributed by atoms with Crippen LogP contribution >= 0.6 is 11.6 Å². The van der Waals surface area contributed by atoms with Crippen LogP contribution in [0.2, 0.25) is 5.02 Å². The summed E-state index contributed by atoms with van der Waals surface area (Å²) in [6.07, 6.45) is 3.88. The van der Waals surface area contributed by atoms with Gasteiger partial charge in [0.05, 0.1) is 31.8 Å². The predicted octanol–water partition coefficient (Wildman–Crippen LogP) is 4.59. The molecule has 0 unspecified atom stereocenters. The molecule has 9 nitrogen and oxygen atoms in total. The zero-order chi connectivity index (χ0) is 25.7. The molecular weight excluding hydrogens is 504 g/mol. The summed E-state index contributed by atoms with van der Waals surface area (Å²) in [7, 11) is -2.22. The summed E-state index contributed by atoms with van der Waals surface area (Å²) in [6, 6.07) is 17.6. The van der Waals surface area contributed by atoms with Gasteiger partial charge in [-0.25, -0.2) is 18.4 Å². The Morgan fingerprint density at radius 1 is 1.08 bits per heavy atom. The van der Waals surface area contributed by atoms with Gasteiger partial charge in [-0.3, -0.25) is 4.79 Å². The maximum atomic E-state index is 13.4. The number of furan rings is 1. The molecule has 186 valence electrons. The van der Waals surface area contributed by atoms with E-state index in [9.17, 15) is 13.2 Å². The topological polar surface area (TPSA) is 115 Å². The molecule has 2 heterocycles. The number of hydrogen-bond acceptors (Lipinski definition) is 8. The third kappa shape index (κ3) is 6.21. The summed E-state index contributed by atoms with van der Waals surface area (Å²) in [5, 5.41) is 2.91. The smallest absolute Gasteiger partial charge is 0.276 e. The molecule has 0 aliphatic carbocycles. The predicted molar refractivity (Wildman–Crippen MR) is 136 cm³/mol. The number of benzene rings is 2. The van der Waals surface area contributed by atoms with Gasteiger partial charge in [0.15, 0.2) is 5.69 Å². The van der Waals surface area contributed by atoms with Crippen molar-refractivity contribution in [3.63, 3.8) is 0 Å². The average molecular weight is 527 g/mol. The van der Waals surface area contributed by atoms with Crippen molar-refractivity contribution in [3.8, 4) is 5.75 Å². The summed E-state index contributed by atoms with van der Waals surface area (Å²) in [4.78, 5) is 23.4. The minimum Gasteiger partial charge on any atom is -0.497 e. The van der Waals surface area contributed by atoms with Crippen molar-refractivity contribution in [1.82, 2.24) is 9.97 Å². The van der Waals surface area contributed by atoms with Crippen LogP contribution in [0, 0.1) is 0 Å². The van der Waals surface area contributed by atoms with E-state index in [0.29, 0.717) is 34.5 Å². The highest BCUT2D eigenvalue weighted by atomic mass is 35.5. The first kappa shape index (κ1) is 25.2. The Balaban J connectivity index is 1.75. The van der Waals surface area contributed by atoms with E-state index >= 15 is 0 Å². The van der Waals surface area contributed by atoms with Crippen molar-refractivity contribution in [2.75, 3.05) is 23.6 Å². The molecule has 11 heteroatoms. The van der Waals surface area contributed by atoms with Gasteiger partial charge in [0.1, 0.15) is 11.5 Å². The van der Waals surface area contributed by atoms with Gasteiger partial charge in [0, 0.05) is 23.5 Å². The lowest BCUT2D eigenvalue weighted by atomic mass is 10.2. The molecule has 1 amide bonds. The molecule has 4 rings (SSSR count). The number of rotatable bonds is 9. The Bertz CT molecular complexity index is 1440. The highest BCUT2D eigenvalue weighted by Crippen LogP contribution is 2.26. The monoisotopic (exact) mass is 526 g/mol. The molecule has 0 aliphatic rings. The third-order valence-corrected chi connectivity index (χ3v) is 6.31. The number of aromatic nitrogens is 2. The quantitative estimate of drug-likeness (QED) is 0.315. The SMILES string of the molecule is COc1ccc(NC(=O)c2nc(S(C)(=O)=O)ncc2N(Cc2ccc(Cl)cc2)Cc2ccco2)cc1. The van der Waals surface area contributed by atoms with E-state index in [1.165, 1.54) is 6.20 Å². The number of amides is 1. The molecule has 2 aromatic carbocycles. The molecule has 0 aliphatic heterocycles. The van der Waals surface area contributed by atoms with Crippen LogP contribution in [0.1, 0.15) is 21.8 Å². The molecule has 0 atom stereocenters. The van der Waals surface area contributed by atoms with Gasteiger partial charge >= 0.3 is 0 Å². The summed E-state index contributed by atoms with van der Waals surface area (Å²) in [5.41, 5.74) is 1.63. The second kappa shape index (κ2) is 10.8. The number of carbonyl (C=O) groups excluding carboxylic acids is 1. The molecule has 36 heavy (non-hydrogen) atoms. The molecule has 0 fully saturated rings. The lowest BCUT2D eigenvalue weighted by Crippen LogP contribution is -2.27. The van der Waals surface area contributed by atoms with Crippen LogP contribution in [0.3, 0.4) is 0 Å². The molecule has 2 aromatic heterocycles. The van der Waals surface area contributed by atoms with Crippen LogP contribution < -0.4 is 15.0 Å². The first-order valence-corrected chi connectivity index (χ1v) is 13.0. The number of nitrogens with zero attached hydrogens (tertiary/aromatic N) is 3. The Hall–Kier alpha value is -3.89. The minimum atomic E-state index is -3.77. The van der Waals surface area contributed by atoms with E-state index in [0.717, 1.165) is 11.8 Å². The highest BCUT2D eigenvalue weighted by molar-refractivity contribution is 7.90. The Morgan fingerprint density at radius 2 is 1.81 bits per heavy atom. The van der Waals surface area contributed by atoms with Gasteiger partial charge in [0.25, 0.3) is 5.91 Å². The normalized spacial score (nSPS) is 11.2. The summed E-state index contributed by atoms with van der Waals surface area (Å²) in [5.74, 6) is 0.670. The van der Waals surface area contributed by atoms with Gasteiger partial charge in [-0.2, -0.15) is 0 Å². The van der Waals surface area contributed by atoms with Crippen LogP contribution in [-0.4, -0.2) is 37.7 Å². The fourth-order valence-corrected chi connectivity index (χ4v) is 4.06. The first-order valence-electron chi connectivity index (χ1n) is 10.8. The largest absolute Gasteiger partial charge is 0.497 e.